The Morgan fingerprint density at radius 3 is 2.67 bits per heavy atom. The maximum Gasteiger partial charge on any atom is 0.227 e. The van der Waals surface area contributed by atoms with Crippen LogP contribution < -0.4 is 5.32 Å². The third kappa shape index (κ3) is 3.40. The van der Waals surface area contributed by atoms with Crippen LogP contribution in [-0.2, 0) is 6.42 Å². The average Bonchev–Trinajstić information content (AvgIpc) is 2.89. The van der Waals surface area contributed by atoms with E-state index in [1.54, 1.807) is 0 Å². The maximum atomic E-state index is 4.97. The molecule has 0 spiro atoms. The second-order valence-corrected chi connectivity index (χ2v) is 4.41. The van der Waals surface area contributed by atoms with Crippen LogP contribution in [0.15, 0.2) is 35.1 Å². The third-order valence-electron chi connectivity index (χ3n) is 3.02. The molecule has 4 heteroatoms. The molecular weight excluding hydrogens is 226 g/mol. The molecule has 1 heterocycles. The molecule has 1 N–H and O–H groups in total. The van der Waals surface area contributed by atoms with Crippen LogP contribution in [0, 0.1) is 6.92 Å². The molecule has 0 radical (unpaired) electrons. The van der Waals surface area contributed by atoms with Crippen molar-refractivity contribution in [3.8, 4) is 0 Å². The molecule has 0 amide bonds. The molecule has 96 valence electrons. The molecule has 1 unspecified atom stereocenters. The van der Waals surface area contributed by atoms with Gasteiger partial charge in [-0.2, -0.15) is 4.98 Å². The molecule has 1 aromatic carbocycles. The number of hydrogen-bond acceptors (Lipinski definition) is 4. The predicted molar refractivity (Wildman–Crippen MR) is 70.2 cm³/mol. The van der Waals surface area contributed by atoms with Gasteiger partial charge in [0.05, 0.1) is 0 Å². The predicted octanol–water partition coefficient (Wildman–Crippen LogP) is 2.66. The van der Waals surface area contributed by atoms with Crippen molar-refractivity contribution >= 4 is 0 Å². The third-order valence-corrected chi connectivity index (χ3v) is 3.02. The van der Waals surface area contributed by atoms with Gasteiger partial charge in [0.15, 0.2) is 6.33 Å². The molecule has 4 nitrogen and oxygen atoms in total. The SMILES string of the molecule is CCC(NCCc1ncno1)c1ccc(C)cc1. The summed E-state index contributed by atoms with van der Waals surface area (Å²) in [6, 6.07) is 9.05. The fourth-order valence-electron chi connectivity index (χ4n) is 1.96. The summed E-state index contributed by atoms with van der Waals surface area (Å²) < 4.78 is 4.97. The van der Waals surface area contributed by atoms with Crippen LogP contribution in [0.4, 0.5) is 0 Å². The first-order valence-electron chi connectivity index (χ1n) is 6.35. The Bertz CT molecular complexity index is 450. The highest BCUT2D eigenvalue weighted by Gasteiger charge is 2.08. The number of aryl methyl sites for hydroxylation is 1. The van der Waals surface area contributed by atoms with Gasteiger partial charge in [-0.3, -0.25) is 0 Å². The van der Waals surface area contributed by atoms with E-state index in [0.717, 1.165) is 19.4 Å². The normalized spacial score (nSPS) is 12.6. The van der Waals surface area contributed by atoms with Crippen molar-refractivity contribution in [3.63, 3.8) is 0 Å². The van der Waals surface area contributed by atoms with E-state index >= 15 is 0 Å². The smallest absolute Gasteiger partial charge is 0.227 e. The fourth-order valence-corrected chi connectivity index (χ4v) is 1.96. The van der Waals surface area contributed by atoms with Crippen molar-refractivity contribution in [2.75, 3.05) is 6.54 Å². The minimum atomic E-state index is 0.383. The Morgan fingerprint density at radius 2 is 2.06 bits per heavy atom. The summed E-state index contributed by atoms with van der Waals surface area (Å²) in [6.45, 7) is 5.13. The van der Waals surface area contributed by atoms with Gasteiger partial charge in [-0.05, 0) is 18.9 Å². The molecular formula is C14H19N3O. The van der Waals surface area contributed by atoms with Crippen molar-refractivity contribution in [2.45, 2.75) is 32.7 Å². The number of nitrogens with zero attached hydrogens (tertiary/aromatic N) is 2. The summed E-state index contributed by atoms with van der Waals surface area (Å²) >= 11 is 0. The van der Waals surface area contributed by atoms with Crippen LogP contribution in [0.5, 0.6) is 0 Å². The van der Waals surface area contributed by atoms with Crippen molar-refractivity contribution in [1.29, 1.82) is 0 Å². The first kappa shape index (κ1) is 12.8. The molecule has 0 fully saturated rings. The Kier molecular flexibility index (Phi) is 4.47. The summed E-state index contributed by atoms with van der Waals surface area (Å²) in [4.78, 5) is 4.01. The minimum Gasteiger partial charge on any atom is -0.340 e. The standard InChI is InChI=1S/C14H19N3O/c1-3-13(12-6-4-11(2)5-7-12)15-9-8-14-16-10-17-18-14/h4-7,10,13,15H,3,8-9H2,1-2H3. The lowest BCUT2D eigenvalue weighted by molar-refractivity contribution is 0.371. The van der Waals surface area contributed by atoms with Crippen LogP contribution in [0.1, 0.15) is 36.4 Å². The minimum absolute atomic E-state index is 0.383. The monoisotopic (exact) mass is 245 g/mol. The van der Waals surface area contributed by atoms with Crippen molar-refractivity contribution in [1.82, 2.24) is 15.5 Å². The lowest BCUT2D eigenvalue weighted by Gasteiger charge is -2.17. The lowest BCUT2D eigenvalue weighted by atomic mass is 10.0. The molecule has 2 rings (SSSR count). The van der Waals surface area contributed by atoms with Crippen LogP contribution in [-0.4, -0.2) is 16.7 Å². The second kappa shape index (κ2) is 6.31. The molecule has 2 aromatic rings. The lowest BCUT2D eigenvalue weighted by Crippen LogP contribution is -2.23. The van der Waals surface area contributed by atoms with E-state index < -0.39 is 0 Å². The van der Waals surface area contributed by atoms with Crippen LogP contribution >= 0.6 is 0 Å². The first-order chi connectivity index (χ1) is 8.79. The summed E-state index contributed by atoms with van der Waals surface area (Å²) in [6.07, 6.45) is 3.27. The molecule has 0 aliphatic heterocycles. The zero-order valence-corrected chi connectivity index (χ0v) is 10.9. The largest absolute Gasteiger partial charge is 0.340 e. The Morgan fingerprint density at radius 1 is 1.28 bits per heavy atom. The summed E-state index contributed by atoms with van der Waals surface area (Å²) in [5.74, 6) is 0.682. The van der Waals surface area contributed by atoms with E-state index in [9.17, 15) is 0 Å². The van der Waals surface area contributed by atoms with Gasteiger partial charge < -0.3 is 9.84 Å². The Labute approximate surface area is 107 Å². The van der Waals surface area contributed by atoms with Gasteiger partial charge in [0.25, 0.3) is 0 Å². The van der Waals surface area contributed by atoms with Crippen LogP contribution in [0.2, 0.25) is 0 Å². The number of nitrogens with one attached hydrogen (secondary N) is 1. The number of rotatable bonds is 6. The Hall–Kier alpha value is -1.68. The van der Waals surface area contributed by atoms with E-state index in [-0.39, 0.29) is 0 Å². The van der Waals surface area contributed by atoms with Gasteiger partial charge in [0.1, 0.15) is 0 Å². The van der Waals surface area contributed by atoms with E-state index in [2.05, 4.69) is 53.6 Å². The van der Waals surface area contributed by atoms with Crippen molar-refractivity contribution < 1.29 is 4.52 Å². The highest BCUT2D eigenvalue weighted by molar-refractivity contribution is 5.24. The van der Waals surface area contributed by atoms with E-state index in [1.165, 1.54) is 17.5 Å². The quantitative estimate of drug-likeness (QED) is 0.850. The topological polar surface area (TPSA) is 51.0 Å². The Balaban J connectivity index is 1.87. The van der Waals surface area contributed by atoms with Crippen molar-refractivity contribution in [3.05, 3.63) is 47.6 Å². The number of hydrogen-bond donors (Lipinski definition) is 1. The molecule has 0 aliphatic carbocycles. The summed E-state index contributed by atoms with van der Waals surface area (Å²) in [5, 5.41) is 7.11. The van der Waals surface area contributed by atoms with Crippen LogP contribution in [0.3, 0.4) is 0 Å². The van der Waals surface area contributed by atoms with E-state index in [0.29, 0.717) is 11.9 Å². The molecule has 0 aliphatic rings. The van der Waals surface area contributed by atoms with E-state index in [1.807, 2.05) is 0 Å². The molecule has 18 heavy (non-hydrogen) atoms. The average molecular weight is 245 g/mol. The van der Waals surface area contributed by atoms with Crippen LogP contribution in [0.25, 0.3) is 0 Å². The first-order valence-corrected chi connectivity index (χ1v) is 6.35. The van der Waals surface area contributed by atoms with Gasteiger partial charge in [0, 0.05) is 19.0 Å². The number of aromatic nitrogens is 2. The summed E-state index contributed by atoms with van der Waals surface area (Å²) in [7, 11) is 0. The molecule has 0 bridgehead atoms. The van der Waals surface area contributed by atoms with Gasteiger partial charge >= 0.3 is 0 Å². The second-order valence-electron chi connectivity index (χ2n) is 4.41. The van der Waals surface area contributed by atoms with Gasteiger partial charge in [0.2, 0.25) is 5.89 Å². The fraction of sp³-hybridized carbons (Fsp3) is 0.429. The van der Waals surface area contributed by atoms with Gasteiger partial charge in [-0.15, -0.1) is 0 Å². The van der Waals surface area contributed by atoms with Crippen molar-refractivity contribution in [2.24, 2.45) is 0 Å². The maximum absolute atomic E-state index is 4.97. The molecule has 0 saturated heterocycles. The van der Waals surface area contributed by atoms with Gasteiger partial charge in [-0.1, -0.05) is 41.9 Å². The molecule has 1 atom stereocenters. The van der Waals surface area contributed by atoms with E-state index in [4.69, 9.17) is 4.52 Å². The summed E-state index contributed by atoms with van der Waals surface area (Å²) in [5.41, 5.74) is 2.62. The number of benzene rings is 1. The highest BCUT2D eigenvalue weighted by atomic mass is 16.5. The van der Waals surface area contributed by atoms with Gasteiger partial charge in [-0.25, -0.2) is 0 Å². The highest BCUT2D eigenvalue weighted by Crippen LogP contribution is 2.16. The molecule has 1 aromatic heterocycles. The molecule has 0 saturated carbocycles. The zero-order valence-electron chi connectivity index (χ0n) is 10.9. The zero-order chi connectivity index (χ0) is 12.8.